The summed E-state index contributed by atoms with van der Waals surface area (Å²) in [7, 11) is 0. The minimum atomic E-state index is -0.287. The second-order valence-corrected chi connectivity index (χ2v) is 5.15. The fourth-order valence-electron chi connectivity index (χ4n) is 1.99. The quantitative estimate of drug-likeness (QED) is 0.812. The zero-order valence-electron chi connectivity index (χ0n) is 8.56. The van der Waals surface area contributed by atoms with Crippen LogP contribution in [0, 0.1) is 12.8 Å². The molecule has 0 radical (unpaired) electrons. The molecule has 1 aromatic heterocycles. The van der Waals surface area contributed by atoms with E-state index in [4.69, 9.17) is 4.74 Å². The summed E-state index contributed by atoms with van der Waals surface area (Å²) in [4.78, 5) is 1.33. The van der Waals surface area contributed by atoms with Crippen LogP contribution in [0.25, 0.3) is 0 Å². The summed E-state index contributed by atoms with van der Waals surface area (Å²) < 4.78 is 5.41. The molecule has 3 heteroatoms. The Balaban J connectivity index is 2.03. The van der Waals surface area contributed by atoms with Gasteiger partial charge >= 0.3 is 0 Å². The maximum absolute atomic E-state index is 9.71. The van der Waals surface area contributed by atoms with Crippen LogP contribution in [0.1, 0.15) is 17.4 Å². The van der Waals surface area contributed by atoms with E-state index in [1.54, 1.807) is 11.3 Å². The van der Waals surface area contributed by atoms with Crippen molar-refractivity contribution in [1.82, 2.24) is 0 Å². The van der Waals surface area contributed by atoms with Crippen molar-refractivity contribution in [2.75, 3.05) is 6.61 Å². The molecule has 1 aromatic rings. The second kappa shape index (κ2) is 4.01. The number of aliphatic hydroxyl groups is 1. The number of thiophene rings is 1. The SMILES string of the molecule is Cc1cc(CC2C(O)COC2C)cs1. The largest absolute Gasteiger partial charge is 0.390 e. The van der Waals surface area contributed by atoms with Gasteiger partial charge in [-0.3, -0.25) is 0 Å². The van der Waals surface area contributed by atoms with E-state index in [-0.39, 0.29) is 18.1 Å². The van der Waals surface area contributed by atoms with Crippen molar-refractivity contribution in [1.29, 1.82) is 0 Å². The van der Waals surface area contributed by atoms with Crippen molar-refractivity contribution in [3.8, 4) is 0 Å². The highest BCUT2D eigenvalue weighted by atomic mass is 32.1. The third kappa shape index (κ3) is 2.00. The lowest BCUT2D eigenvalue weighted by Crippen LogP contribution is -2.24. The molecule has 1 aliphatic heterocycles. The zero-order chi connectivity index (χ0) is 10.1. The van der Waals surface area contributed by atoms with Gasteiger partial charge in [0, 0.05) is 10.8 Å². The molecule has 14 heavy (non-hydrogen) atoms. The molecule has 0 saturated carbocycles. The van der Waals surface area contributed by atoms with Gasteiger partial charge in [-0.05, 0) is 37.3 Å². The van der Waals surface area contributed by atoms with E-state index in [0.29, 0.717) is 6.61 Å². The third-order valence-electron chi connectivity index (χ3n) is 2.88. The molecule has 0 amide bonds. The first-order valence-electron chi connectivity index (χ1n) is 5.00. The summed E-state index contributed by atoms with van der Waals surface area (Å²) in [6.45, 7) is 4.65. The molecular weight excluding hydrogens is 196 g/mol. The maximum atomic E-state index is 9.71. The fraction of sp³-hybridized carbons (Fsp3) is 0.636. The molecule has 3 unspecified atom stereocenters. The number of hydrogen-bond donors (Lipinski definition) is 1. The number of rotatable bonds is 2. The van der Waals surface area contributed by atoms with E-state index >= 15 is 0 Å². The monoisotopic (exact) mass is 212 g/mol. The average Bonchev–Trinajstić information content (AvgIpc) is 2.67. The van der Waals surface area contributed by atoms with Crippen LogP contribution < -0.4 is 0 Å². The van der Waals surface area contributed by atoms with Gasteiger partial charge in [0.1, 0.15) is 0 Å². The Morgan fingerprint density at radius 3 is 2.93 bits per heavy atom. The molecule has 1 saturated heterocycles. The summed E-state index contributed by atoms with van der Waals surface area (Å²) in [5.41, 5.74) is 1.33. The van der Waals surface area contributed by atoms with Gasteiger partial charge < -0.3 is 9.84 Å². The molecule has 1 aliphatic rings. The molecule has 0 aromatic carbocycles. The predicted molar refractivity (Wildman–Crippen MR) is 57.7 cm³/mol. The molecule has 0 spiro atoms. The average molecular weight is 212 g/mol. The minimum absolute atomic E-state index is 0.185. The Kier molecular flexibility index (Phi) is 2.91. The van der Waals surface area contributed by atoms with E-state index < -0.39 is 0 Å². The Morgan fingerprint density at radius 2 is 2.43 bits per heavy atom. The molecule has 1 N–H and O–H groups in total. The van der Waals surface area contributed by atoms with Crippen LogP contribution >= 0.6 is 11.3 Å². The topological polar surface area (TPSA) is 29.5 Å². The van der Waals surface area contributed by atoms with Crippen molar-refractivity contribution in [3.05, 3.63) is 21.9 Å². The third-order valence-corrected chi connectivity index (χ3v) is 3.79. The molecule has 1 fully saturated rings. The molecule has 0 bridgehead atoms. The van der Waals surface area contributed by atoms with Crippen LogP contribution in [0.4, 0.5) is 0 Å². The number of hydrogen-bond acceptors (Lipinski definition) is 3. The lowest BCUT2D eigenvalue weighted by Gasteiger charge is -2.15. The maximum Gasteiger partial charge on any atom is 0.0829 e. The van der Waals surface area contributed by atoms with Gasteiger partial charge in [-0.1, -0.05) is 0 Å². The minimum Gasteiger partial charge on any atom is -0.390 e. The summed E-state index contributed by atoms with van der Waals surface area (Å²) in [6, 6.07) is 2.20. The summed E-state index contributed by atoms with van der Waals surface area (Å²) in [6.07, 6.45) is 0.836. The Morgan fingerprint density at radius 1 is 1.64 bits per heavy atom. The Labute approximate surface area is 88.5 Å². The van der Waals surface area contributed by atoms with Gasteiger partial charge in [0.25, 0.3) is 0 Å². The van der Waals surface area contributed by atoms with Crippen molar-refractivity contribution in [2.24, 2.45) is 5.92 Å². The number of aryl methyl sites for hydroxylation is 1. The van der Waals surface area contributed by atoms with Crippen molar-refractivity contribution in [3.63, 3.8) is 0 Å². The smallest absolute Gasteiger partial charge is 0.0829 e. The second-order valence-electron chi connectivity index (χ2n) is 4.04. The first-order chi connectivity index (χ1) is 6.66. The standard InChI is InChI=1S/C11H16O2S/c1-7-3-9(6-14-7)4-10-8(2)13-5-11(10)12/h3,6,8,10-12H,4-5H2,1-2H3. The van der Waals surface area contributed by atoms with Crippen molar-refractivity contribution < 1.29 is 9.84 Å². The van der Waals surface area contributed by atoms with E-state index in [9.17, 15) is 5.11 Å². The van der Waals surface area contributed by atoms with Crippen molar-refractivity contribution in [2.45, 2.75) is 32.5 Å². The van der Waals surface area contributed by atoms with Crippen molar-refractivity contribution >= 4 is 11.3 Å². The van der Waals surface area contributed by atoms with Gasteiger partial charge in [0.15, 0.2) is 0 Å². The van der Waals surface area contributed by atoms with Gasteiger partial charge in [0.2, 0.25) is 0 Å². The number of aliphatic hydroxyl groups excluding tert-OH is 1. The zero-order valence-corrected chi connectivity index (χ0v) is 9.38. The molecule has 78 valence electrons. The first kappa shape index (κ1) is 10.1. The Bertz CT molecular complexity index is 298. The lowest BCUT2D eigenvalue weighted by molar-refractivity contribution is 0.0963. The van der Waals surface area contributed by atoms with Crippen LogP contribution in [-0.2, 0) is 11.2 Å². The number of ether oxygens (including phenoxy) is 1. The lowest BCUT2D eigenvalue weighted by atomic mass is 9.93. The van der Waals surface area contributed by atoms with Crippen LogP contribution in [0.2, 0.25) is 0 Å². The van der Waals surface area contributed by atoms with E-state index in [0.717, 1.165) is 6.42 Å². The molecule has 3 atom stereocenters. The molecular formula is C11H16O2S. The summed E-state index contributed by atoms with van der Waals surface area (Å²) in [5.74, 6) is 0.268. The Hall–Kier alpha value is -0.380. The highest BCUT2D eigenvalue weighted by Gasteiger charge is 2.32. The highest BCUT2D eigenvalue weighted by molar-refractivity contribution is 7.10. The van der Waals surface area contributed by atoms with Gasteiger partial charge in [-0.2, -0.15) is 0 Å². The molecule has 2 nitrogen and oxygen atoms in total. The summed E-state index contributed by atoms with van der Waals surface area (Å²) >= 11 is 1.77. The van der Waals surface area contributed by atoms with Gasteiger partial charge in [-0.15, -0.1) is 11.3 Å². The normalized spacial score (nSPS) is 32.4. The van der Waals surface area contributed by atoms with E-state index in [2.05, 4.69) is 18.4 Å². The van der Waals surface area contributed by atoms with E-state index in [1.165, 1.54) is 10.4 Å². The molecule has 0 aliphatic carbocycles. The highest BCUT2D eigenvalue weighted by Crippen LogP contribution is 2.26. The van der Waals surface area contributed by atoms with Gasteiger partial charge in [0.05, 0.1) is 18.8 Å². The van der Waals surface area contributed by atoms with E-state index in [1.807, 2.05) is 6.92 Å². The van der Waals surface area contributed by atoms with Crippen LogP contribution in [-0.4, -0.2) is 23.9 Å². The van der Waals surface area contributed by atoms with Crippen LogP contribution in [0.15, 0.2) is 11.4 Å². The first-order valence-corrected chi connectivity index (χ1v) is 5.88. The van der Waals surface area contributed by atoms with Gasteiger partial charge in [-0.25, -0.2) is 0 Å². The molecule has 2 rings (SSSR count). The molecule has 2 heterocycles. The summed E-state index contributed by atoms with van der Waals surface area (Å²) in [5, 5.41) is 11.9. The fourth-order valence-corrected chi connectivity index (χ4v) is 2.71. The van der Waals surface area contributed by atoms with Crippen LogP contribution in [0.3, 0.4) is 0 Å². The predicted octanol–water partition coefficient (Wildman–Crippen LogP) is 1.99. The van der Waals surface area contributed by atoms with Crippen LogP contribution in [0.5, 0.6) is 0 Å².